The lowest BCUT2D eigenvalue weighted by molar-refractivity contribution is -0.147. The van der Waals surface area contributed by atoms with E-state index < -0.39 is 17.9 Å². The molecule has 1 aromatic rings. The van der Waals surface area contributed by atoms with E-state index in [2.05, 4.69) is 0 Å². The monoisotopic (exact) mass is 376 g/mol. The molecule has 0 spiro atoms. The summed E-state index contributed by atoms with van der Waals surface area (Å²) in [5.74, 6) is -1.83. The van der Waals surface area contributed by atoms with Gasteiger partial charge in [0.2, 0.25) is 0 Å². The summed E-state index contributed by atoms with van der Waals surface area (Å²) in [5, 5.41) is 0. The van der Waals surface area contributed by atoms with Crippen LogP contribution in [0.3, 0.4) is 0 Å². The smallest absolute Gasteiger partial charge is 0.310 e. The molecule has 0 aliphatic carbocycles. The topological polar surface area (TPSA) is 96.0 Å². The van der Waals surface area contributed by atoms with Gasteiger partial charge in [-0.25, -0.2) is 0 Å². The quantitative estimate of drug-likeness (QED) is 0.578. The molecule has 0 amide bonds. The third-order valence-corrected chi connectivity index (χ3v) is 4.13. The number of carbonyl (C=O) groups excluding carboxylic acids is 4. The maximum atomic E-state index is 12.8. The molecular formula is C20H24O7. The number of ether oxygens (including phenoxy) is 3. The molecular weight excluding hydrogens is 352 g/mol. The van der Waals surface area contributed by atoms with Crippen LogP contribution in [0.15, 0.2) is 12.1 Å². The molecule has 0 aromatic heterocycles. The number of hydrogen-bond acceptors (Lipinski definition) is 7. The number of esters is 3. The summed E-state index contributed by atoms with van der Waals surface area (Å²) in [4.78, 5) is 47.9. The molecule has 1 aliphatic heterocycles. The van der Waals surface area contributed by atoms with Gasteiger partial charge < -0.3 is 14.2 Å². The first-order valence-corrected chi connectivity index (χ1v) is 9.02. The molecule has 0 radical (unpaired) electrons. The number of benzene rings is 1. The lowest BCUT2D eigenvalue weighted by Gasteiger charge is -2.18. The summed E-state index contributed by atoms with van der Waals surface area (Å²) < 4.78 is 15.6. The highest BCUT2D eigenvalue weighted by atomic mass is 16.5. The highest BCUT2D eigenvalue weighted by Crippen LogP contribution is 2.32. The minimum atomic E-state index is -0.618. The van der Waals surface area contributed by atoms with Gasteiger partial charge in [0.25, 0.3) is 0 Å². The maximum absolute atomic E-state index is 12.8. The average molecular weight is 376 g/mol. The van der Waals surface area contributed by atoms with Crippen LogP contribution in [0.1, 0.15) is 68.8 Å². The first-order valence-electron chi connectivity index (χ1n) is 9.02. The Morgan fingerprint density at radius 2 is 1.74 bits per heavy atom. The predicted octanol–water partition coefficient (Wildman–Crippen LogP) is 3.16. The van der Waals surface area contributed by atoms with Gasteiger partial charge in [0, 0.05) is 26.3 Å². The van der Waals surface area contributed by atoms with Gasteiger partial charge in [0.15, 0.2) is 5.78 Å². The van der Waals surface area contributed by atoms with Crippen molar-refractivity contribution < 1.29 is 33.4 Å². The summed E-state index contributed by atoms with van der Waals surface area (Å²) >= 11 is 0. The van der Waals surface area contributed by atoms with Crippen LogP contribution in [0.25, 0.3) is 0 Å². The minimum absolute atomic E-state index is 0.0147. The predicted molar refractivity (Wildman–Crippen MR) is 95.7 cm³/mol. The van der Waals surface area contributed by atoms with Crippen molar-refractivity contribution >= 4 is 23.7 Å². The Morgan fingerprint density at radius 3 is 2.41 bits per heavy atom. The van der Waals surface area contributed by atoms with Crippen LogP contribution in [0.5, 0.6) is 11.5 Å². The van der Waals surface area contributed by atoms with E-state index in [0.717, 1.165) is 19.3 Å². The number of carbonyl (C=O) groups is 4. The van der Waals surface area contributed by atoms with Crippen molar-refractivity contribution in [2.24, 2.45) is 0 Å². The number of cyclic esters (lactones) is 1. The van der Waals surface area contributed by atoms with Gasteiger partial charge in [-0.1, -0.05) is 6.42 Å². The van der Waals surface area contributed by atoms with Gasteiger partial charge >= 0.3 is 17.9 Å². The molecule has 1 atom stereocenters. The number of fused-ring (bicyclic) bond motifs is 1. The van der Waals surface area contributed by atoms with Gasteiger partial charge in [0.05, 0.1) is 18.1 Å². The lowest BCUT2D eigenvalue weighted by Crippen LogP contribution is -2.20. The Morgan fingerprint density at radius 1 is 1.04 bits per heavy atom. The van der Waals surface area contributed by atoms with Crippen molar-refractivity contribution in [2.45, 2.75) is 65.4 Å². The zero-order valence-electron chi connectivity index (χ0n) is 15.8. The van der Waals surface area contributed by atoms with Crippen molar-refractivity contribution in [1.82, 2.24) is 0 Å². The molecule has 1 heterocycles. The minimum Gasteiger partial charge on any atom is -0.462 e. The summed E-state index contributed by atoms with van der Waals surface area (Å²) in [6.45, 7) is 4.27. The number of rotatable bonds is 2. The van der Waals surface area contributed by atoms with E-state index in [9.17, 15) is 19.2 Å². The van der Waals surface area contributed by atoms with E-state index in [0.29, 0.717) is 12.0 Å². The number of Topliss-reactive ketones (excluding diaryl/α,β-unsaturated/α-hetero) is 1. The zero-order chi connectivity index (χ0) is 20.0. The third-order valence-electron chi connectivity index (χ3n) is 4.13. The van der Waals surface area contributed by atoms with E-state index in [4.69, 9.17) is 14.2 Å². The largest absolute Gasteiger partial charge is 0.462 e. The second-order valence-electron chi connectivity index (χ2n) is 6.64. The summed E-state index contributed by atoms with van der Waals surface area (Å²) in [5.41, 5.74) is 0.471. The second kappa shape index (κ2) is 9.30. The van der Waals surface area contributed by atoms with E-state index >= 15 is 0 Å². The van der Waals surface area contributed by atoms with Crippen LogP contribution >= 0.6 is 0 Å². The molecule has 1 aliphatic rings. The SMILES string of the molecule is CC(=O)Oc1cc2c(c(OC(C)=O)c1)C(=O)CCCCCC(C)OC(=O)C2. The summed E-state index contributed by atoms with van der Waals surface area (Å²) in [6, 6.07) is 2.76. The molecule has 7 nitrogen and oxygen atoms in total. The highest BCUT2D eigenvalue weighted by molar-refractivity contribution is 6.02. The molecule has 27 heavy (non-hydrogen) atoms. The van der Waals surface area contributed by atoms with E-state index in [1.165, 1.54) is 26.0 Å². The molecule has 0 saturated carbocycles. The highest BCUT2D eigenvalue weighted by Gasteiger charge is 2.24. The van der Waals surface area contributed by atoms with Crippen molar-refractivity contribution in [3.05, 3.63) is 23.3 Å². The van der Waals surface area contributed by atoms with Crippen molar-refractivity contribution in [1.29, 1.82) is 0 Å². The van der Waals surface area contributed by atoms with Crippen molar-refractivity contribution in [3.8, 4) is 11.5 Å². The molecule has 0 fully saturated rings. The molecule has 1 unspecified atom stereocenters. The number of hydrogen-bond donors (Lipinski definition) is 0. The normalized spacial score (nSPS) is 18.4. The van der Waals surface area contributed by atoms with Crippen molar-refractivity contribution in [2.75, 3.05) is 0 Å². The first-order chi connectivity index (χ1) is 12.8. The Bertz CT molecular complexity index is 751. The van der Waals surface area contributed by atoms with Crippen LogP contribution in [0, 0.1) is 0 Å². The van der Waals surface area contributed by atoms with Gasteiger partial charge in [-0.15, -0.1) is 0 Å². The molecule has 0 saturated heterocycles. The maximum Gasteiger partial charge on any atom is 0.310 e. The molecule has 7 heteroatoms. The fraction of sp³-hybridized carbons (Fsp3) is 0.500. The lowest BCUT2D eigenvalue weighted by atomic mass is 9.95. The van der Waals surface area contributed by atoms with Gasteiger partial charge in [-0.05, 0) is 37.8 Å². The van der Waals surface area contributed by atoms with E-state index in [-0.39, 0.29) is 41.8 Å². The first kappa shape index (κ1) is 20.6. The second-order valence-corrected chi connectivity index (χ2v) is 6.64. The van der Waals surface area contributed by atoms with E-state index in [1.54, 1.807) is 0 Å². The zero-order valence-corrected chi connectivity index (χ0v) is 15.8. The average Bonchev–Trinajstić information content (AvgIpc) is 2.51. The summed E-state index contributed by atoms with van der Waals surface area (Å²) in [6.07, 6.45) is 2.98. The fourth-order valence-corrected chi connectivity index (χ4v) is 3.06. The van der Waals surface area contributed by atoms with Crippen LogP contribution in [-0.4, -0.2) is 29.8 Å². The van der Waals surface area contributed by atoms with Gasteiger partial charge in [-0.2, -0.15) is 0 Å². The Kier molecular flexibility index (Phi) is 7.10. The summed E-state index contributed by atoms with van der Waals surface area (Å²) in [7, 11) is 0. The molecule has 146 valence electrons. The van der Waals surface area contributed by atoms with Gasteiger partial charge in [0.1, 0.15) is 11.5 Å². The molecule has 0 bridgehead atoms. The van der Waals surface area contributed by atoms with Crippen LogP contribution in [0.4, 0.5) is 0 Å². The van der Waals surface area contributed by atoms with Crippen molar-refractivity contribution in [3.63, 3.8) is 0 Å². The van der Waals surface area contributed by atoms with Crippen LogP contribution < -0.4 is 9.47 Å². The molecule has 2 rings (SSSR count). The molecule has 0 N–H and O–H groups in total. The fourth-order valence-electron chi connectivity index (χ4n) is 3.06. The third kappa shape index (κ3) is 6.20. The van der Waals surface area contributed by atoms with E-state index in [1.807, 2.05) is 6.92 Å². The van der Waals surface area contributed by atoms with Crippen LogP contribution in [0.2, 0.25) is 0 Å². The van der Waals surface area contributed by atoms with Crippen LogP contribution in [-0.2, 0) is 25.5 Å². The molecule has 1 aromatic carbocycles. The Labute approximate surface area is 158 Å². The number of ketones is 1. The standard InChI is InChI=1S/C20H24O7/c1-12-7-5-4-6-8-17(23)20-15(10-19(24)25-12)9-16(26-13(2)21)11-18(20)27-14(3)22/h9,11-12H,4-8,10H2,1-3H3. The van der Waals surface area contributed by atoms with Gasteiger partial charge in [-0.3, -0.25) is 19.2 Å². The Balaban J connectivity index is 2.53. The Hall–Kier alpha value is -2.70.